The Kier molecular flexibility index (Phi) is 6.61. The fraction of sp³-hybridized carbons (Fsp3) is 0.0769. The maximum absolute atomic E-state index is 13.4. The summed E-state index contributed by atoms with van der Waals surface area (Å²) in [7, 11) is 0. The third-order valence-electron chi connectivity index (χ3n) is 5.23. The summed E-state index contributed by atoms with van der Waals surface area (Å²) in [6.07, 6.45) is 1.40. The number of anilines is 2. The predicted molar refractivity (Wildman–Crippen MR) is 136 cm³/mol. The van der Waals surface area contributed by atoms with Gasteiger partial charge >= 0.3 is 0 Å². The Bertz CT molecular complexity index is 1660. The van der Waals surface area contributed by atoms with E-state index in [0.29, 0.717) is 34.1 Å². The van der Waals surface area contributed by atoms with Crippen molar-refractivity contribution >= 4 is 23.2 Å². The third kappa shape index (κ3) is 5.47. The van der Waals surface area contributed by atoms with Gasteiger partial charge in [-0.2, -0.15) is 10.2 Å². The molecule has 0 saturated heterocycles. The van der Waals surface area contributed by atoms with Crippen molar-refractivity contribution in [3.8, 4) is 29.2 Å². The van der Waals surface area contributed by atoms with E-state index in [4.69, 9.17) is 26.1 Å². The Balaban J connectivity index is 1.44. The molecule has 3 heterocycles. The number of ether oxygens (including phenoxy) is 1. The van der Waals surface area contributed by atoms with Crippen LogP contribution in [-0.2, 0) is 6.54 Å². The molecule has 2 aromatic carbocycles. The Morgan fingerprint density at radius 1 is 1.08 bits per heavy atom. The van der Waals surface area contributed by atoms with Crippen molar-refractivity contribution in [2.75, 3.05) is 5.32 Å². The molecule has 0 spiro atoms. The van der Waals surface area contributed by atoms with Gasteiger partial charge < -0.3 is 14.6 Å². The fourth-order valence-electron chi connectivity index (χ4n) is 3.45. The topological polar surface area (TPSA) is 132 Å². The summed E-state index contributed by atoms with van der Waals surface area (Å²) in [5.74, 6) is 1.67. The standard InChI is InChI=1S/C26H18ClN7O3/c1-16-30-24(37-33-16)22-14-29-26(34(25(22)35)15-17-5-7-18(27)8-6-17)32-19-9-11-21(12-10-19)36-23-4-2-3-20(13-28)31-23/h2-12,14H,15H2,1H3,(H,29,32). The lowest BCUT2D eigenvalue weighted by Gasteiger charge is -2.15. The number of hydrogen-bond donors (Lipinski definition) is 1. The minimum atomic E-state index is -0.348. The normalized spacial score (nSPS) is 10.6. The monoisotopic (exact) mass is 511 g/mol. The average molecular weight is 512 g/mol. The molecular formula is C26H18ClN7O3. The molecule has 3 aromatic heterocycles. The smallest absolute Gasteiger partial charge is 0.268 e. The van der Waals surface area contributed by atoms with Crippen LogP contribution in [0.5, 0.6) is 11.6 Å². The molecule has 0 aliphatic heterocycles. The quantitative estimate of drug-likeness (QED) is 0.316. The third-order valence-corrected chi connectivity index (χ3v) is 5.48. The number of aromatic nitrogens is 5. The van der Waals surface area contributed by atoms with Crippen molar-refractivity contribution in [3.63, 3.8) is 0 Å². The Labute approximate surface area is 215 Å². The summed E-state index contributed by atoms with van der Waals surface area (Å²) in [5, 5.41) is 16.6. The Morgan fingerprint density at radius 2 is 1.86 bits per heavy atom. The summed E-state index contributed by atoms with van der Waals surface area (Å²) in [4.78, 5) is 26.2. The zero-order valence-corrected chi connectivity index (χ0v) is 20.2. The number of halogens is 1. The van der Waals surface area contributed by atoms with Crippen LogP contribution in [0.4, 0.5) is 11.6 Å². The van der Waals surface area contributed by atoms with Crippen molar-refractivity contribution in [1.29, 1.82) is 5.26 Å². The van der Waals surface area contributed by atoms with Gasteiger partial charge in [-0.3, -0.25) is 9.36 Å². The van der Waals surface area contributed by atoms with Gasteiger partial charge in [0.2, 0.25) is 11.8 Å². The van der Waals surface area contributed by atoms with Crippen LogP contribution in [0.3, 0.4) is 0 Å². The van der Waals surface area contributed by atoms with Crippen LogP contribution >= 0.6 is 11.6 Å². The zero-order valence-electron chi connectivity index (χ0n) is 19.4. The van der Waals surface area contributed by atoms with Crippen LogP contribution in [0.25, 0.3) is 11.5 Å². The zero-order chi connectivity index (χ0) is 25.8. The first-order valence-electron chi connectivity index (χ1n) is 11.1. The van der Waals surface area contributed by atoms with Crippen LogP contribution < -0.4 is 15.6 Å². The van der Waals surface area contributed by atoms with E-state index < -0.39 is 0 Å². The fourth-order valence-corrected chi connectivity index (χ4v) is 3.58. The van der Waals surface area contributed by atoms with Gasteiger partial charge in [0.05, 0.1) is 6.54 Å². The van der Waals surface area contributed by atoms with Crippen LogP contribution in [0.1, 0.15) is 17.1 Å². The summed E-state index contributed by atoms with van der Waals surface area (Å²) in [5.41, 5.74) is 1.63. The van der Waals surface area contributed by atoms with Gasteiger partial charge in [-0.25, -0.2) is 9.97 Å². The van der Waals surface area contributed by atoms with Gasteiger partial charge in [0.25, 0.3) is 11.4 Å². The lowest BCUT2D eigenvalue weighted by atomic mass is 10.2. The van der Waals surface area contributed by atoms with Gasteiger partial charge in [-0.15, -0.1) is 0 Å². The maximum Gasteiger partial charge on any atom is 0.268 e. The highest BCUT2D eigenvalue weighted by Crippen LogP contribution is 2.24. The van der Waals surface area contributed by atoms with Crippen LogP contribution in [0.2, 0.25) is 5.02 Å². The molecule has 1 N–H and O–H groups in total. The molecule has 0 aliphatic rings. The second-order valence-corrected chi connectivity index (χ2v) is 8.32. The van der Waals surface area contributed by atoms with E-state index in [1.165, 1.54) is 10.8 Å². The summed E-state index contributed by atoms with van der Waals surface area (Å²) >= 11 is 6.02. The Hall–Kier alpha value is -5.01. The number of hydrogen-bond acceptors (Lipinski definition) is 9. The van der Waals surface area contributed by atoms with Crippen molar-refractivity contribution in [2.45, 2.75) is 13.5 Å². The first-order valence-corrected chi connectivity index (χ1v) is 11.4. The molecule has 10 nitrogen and oxygen atoms in total. The average Bonchev–Trinajstić information content (AvgIpc) is 3.34. The lowest BCUT2D eigenvalue weighted by molar-refractivity contribution is 0.424. The van der Waals surface area contributed by atoms with Crippen molar-refractivity contribution in [2.24, 2.45) is 0 Å². The molecule has 0 fully saturated rings. The molecule has 182 valence electrons. The number of nitrogens with one attached hydrogen (secondary N) is 1. The highest BCUT2D eigenvalue weighted by Gasteiger charge is 2.17. The van der Waals surface area contributed by atoms with Crippen molar-refractivity contribution < 1.29 is 9.26 Å². The number of aryl methyl sites for hydroxylation is 1. The highest BCUT2D eigenvalue weighted by atomic mass is 35.5. The van der Waals surface area contributed by atoms with Crippen LogP contribution in [0.15, 0.2) is 82.2 Å². The van der Waals surface area contributed by atoms with E-state index in [1.54, 1.807) is 61.5 Å². The Morgan fingerprint density at radius 3 is 2.57 bits per heavy atom. The van der Waals surface area contributed by atoms with E-state index in [0.717, 1.165) is 5.56 Å². The SMILES string of the molecule is Cc1noc(-c2cnc(Nc3ccc(Oc4cccc(C#N)n4)cc3)n(Cc3ccc(Cl)cc3)c2=O)n1. The highest BCUT2D eigenvalue weighted by molar-refractivity contribution is 6.30. The molecule has 0 saturated carbocycles. The minimum absolute atomic E-state index is 0.0991. The molecule has 0 radical (unpaired) electrons. The lowest BCUT2D eigenvalue weighted by Crippen LogP contribution is -2.26. The minimum Gasteiger partial charge on any atom is -0.439 e. The predicted octanol–water partition coefficient (Wildman–Crippen LogP) is 5.11. The summed E-state index contributed by atoms with van der Waals surface area (Å²) in [6, 6.07) is 21.2. The number of pyridine rings is 1. The molecule has 0 aliphatic carbocycles. The van der Waals surface area contributed by atoms with E-state index in [1.807, 2.05) is 18.2 Å². The number of nitrogens with zero attached hydrogens (tertiary/aromatic N) is 6. The number of nitriles is 1. The molecule has 5 rings (SSSR count). The molecule has 37 heavy (non-hydrogen) atoms. The molecular weight excluding hydrogens is 494 g/mol. The van der Waals surface area contributed by atoms with Crippen molar-refractivity contribution in [1.82, 2.24) is 24.7 Å². The van der Waals surface area contributed by atoms with E-state index >= 15 is 0 Å². The molecule has 0 amide bonds. The number of benzene rings is 2. The largest absolute Gasteiger partial charge is 0.439 e. The molecule has 0 bridgehead atoms. The number of rotatable bonds is 7. The van der Waals surface area contributed by atoms with Crippen molar-refractivity contribution in [3.05, 3.63) is 105 Å². The molecule has 5 aromatic rings. The maximum atomic E-state index is 13.4. The second-order valence-electron chi connectivity index (χ2n) is 7.88. The summed E-state index contributed by atoms with van der Waals surface area (Å²) in [6.45, 7) is 1.90. The van der Waals surface area contributed by atoms with Crippen LogP contribution in [0, 0.1) is 18.3 Å². The molecule has 0 atom stereocenters. The van der Waals surface area contributed by atoms with Gasteiger partial charge in [0.15, 0.2) is 5.82 Å². The van der Waals surface area contributed by atoms with Gasteiger partial charge in [0, 0.05) is 23.0 Å². The molecule has 0 unspecified atom stereocenters. The van der Waals surface area contributed by atoms with Gasteiger partial charge in [-0.1, -0.05) is 35.0 Å². The van der Waals surface area contributed by atoms with Gasteiger partial charge in [0.1, 0.15) is 23.1 Å². The first kappa shape index (κ1) is 23.7. The van der Waals surface area contributed by atoms with Crippen LogP contribution in [-0.4, -0.2) is 24.7 Å². The molecule has 11 heteroatoms. The summed E-state index contributed by atoms with van der Waals surface area (Å²) < 4.78 is 12.4. The first-order chi connectivity index (χ1) is 18.0. The van der Waals surface area contributed by atoms with E-state index in [2.05, 4.69) is 25.4 Å². The van der Waals surface area contributed by atoms with E-state index in [9.17, 15) is 4.79 Å². The second kappa shape index (κ2) is 10.3. The van der Waals surface area contributed by atoms with Gasteiger partial charge in [-0.05, 0) is 55.0 Å². The van der Waals surface area contributed by atoms with E-state index in [-0.39, 0.29) is 29.3 Å².